The standard InChI is InChI=1S/C20H30F3N3O2S/c1-15(9-12-29(3,27)28)26-18(24-2)25-14-19(10-4-5-11-19)16-7-6-8-17(13-16)20(21,22)23/h6-8,13,15H,4-5,9-12,14H2,1-3H3,(H2,24,25,26). The van der Waals surface area contributed by atoms with Crippen LogP contribution in [0.5, 0.6) is 0 Å². The van der Waals surface area contributed by atoms with Gasteiger partial charge in [0.1, 0.15) is 9.84 Å². The van der Waals surface area contributed by atoms with Crippen molar-refractivity contribution in [1.82, 2.24) is 10.6 Å². The number of halogens is 3. The maximum Gasteiger partial charge on any atom is 0.416 e. The zero-order chi connectivity index (χ0) is 21.7. The molecule has 5 nitrogen and oxygen atoms in total. The third kappa shape index (κ3) is 6.90. The number of hydrogen-bond donors (Lipinski definition) is 2. The highest BCUT2D eigenvalue weighted by Gasteiger charge is 2.38. The van der Waals surface area contributed by atoms with Gasteiger partial charge in [-0.1, -0.05) is 31.0 Å². The molecule has 0 amide bonds. The first-order valence-electron chi connectivity index (χ1n) is 9.78. The molecule has 1 aromatic rings. The number of guanidine groups is 1. The number of rotatable bonds is 7. The lowest BCUT2D eigenvalue weighted by Gasteiger charge is -2.32. The van der Waals surface area contributed by atoms with Gasteiger partial charge in [-0.15, -0.1) is 0 Å². The summed E-state index contributed by atoms with van der Waals surface area (Å²) in [6.07, 6.45) is 0.827. The zero-order valence-electron chi connectivity index (χ0n) is 17.1. The largest absolute Gasteiger partial charge is 0.416 e. The number of benzene rings is 1. The Morgan fingerprint density at radius 2 is 1.93 bits per heavy atom. The van der Waals surface area contributed by atoms with Crippen LogP contribution in [0.25, 0.3) is 0 Å². The molecule has 1 fully saturated rings. The summed E-state index contributed by atoms with van der Waals surface area (Å²) < 4.78 is 62.1. The number of sulfone groups is 1. The molecule has 0 bridgehead atoms. The third-order valence-corrected chi connectivity index (χ3v) is 6.46. The van der Waals surface area contributed by atoms with Crippen molar-refractivity contribution in [3.05, 3.63) is 35.4 Å². The molecule has 0 radical (unpaired) electrons. The van der Waals surface area contributed by atoms with Gasteiger partial charge in [0.05, 0.1) is 11.3 Å². The Morgan fingerprint density at radius 3 is 2.48 bits per heavy atom. The molecule has 164 valence electrons. The van der Waals surface area contributed by atoms with Crippen molar-refractivity contribution in [2.45, 2.75) is 56.7 Å². The number of hydrogen-bond acceptors (Lipinski definition) is 3. The van der Waals surface area contributed by atoms with Gasteiger partial charge in [0.15, 0.2) is 5.96 Å². The van der Waals surface area contributed by atoms with E-state index < -0.39 is 21.6 Å². The minimum atomic E-state index is -4.37. The first-order chi connectivity index (χ1) is 13.5. The second-order valence-corrected chi connectivity index (χ2v) is 10.2. The van der Waals surface area contributed by atoms with Crippen LogP contribution < -0.4 is 10.6 Å². The van der Waals surface area contributed by atoms with Crippen molar-refractivity contribution in [1.29, 1.82) is 0 Å². The van der Waals surface area contributed by atoms with Gasteiger partial charge in [0.2, 0.25) is 0 Å². The molecule has 1 saturated carbocycles. The van der Waals surface area contributed by atoms with E-state index in [2.05, 4.69) is 15.6 Å². The number of nitrogens with one attached hydrogen (secondary N) is 2. The fourth-order valence-electron chi connectivity index (χ4n) is 3.79. The number of aliphatic imine (C=N–C) groups is 1. The van der Waals surface area contributed by atoms with E-state index in [0.29, 0.717) is 24.5 Å². The van der Waals surface area contributed by atoms with E-state index in [-0.39, 0.29) is 17.2 Å². The molecule has 0 saturated heterocycles. The van der Waals surface area contributed by atoms with Crippen LogP contribution in [0.4, 0.5) is 13.2 Å². The number of nitrogens with zero attached hydrogens (tertiary/aromatic N) is 1. The van der Waals surface area contributed by atoms with Crippen LogP contribution >= 0.6 is 0 Å². The van der Waals surface area contributed by atoms with Gasteiger partial charge in [-0.3, -0.25) is 4.99 Å². The molecule has 2 rings (SSSR count). The molecule has 1 aliphatic carbocycles. The summed E-state index contributed by atoms with van der Waals surface area (Å²) in [6.45, 7) is 2.34. The van der Waals surface area contributed by atoms with Crippen molar-refractivity contribution in [2.75, 3.05) is 25.6 Å². The topological polar surface area (TPSA) is 70.6 Å². The van der Waals surface area contributed by atoms with Gasteiger partial charge in [-0.05, 0) is 37.8 Å². The van der Waals surface area contributed by atoms with Gasteiger partial charge in [0, 0.05) is 31.3 Å². The maximum absolute atomic E-state index is 13.2. The molecule has 0 heterocycles. The van der Waals surface area contributed by atoms with Gasteiger partial charge >= 0.3 is 6.18 Å². The lowest BCUT2D eigenvalue weighted by Crippen LogP contribution is -2.47. The quantitative estimate of drug-likeness (QED) is 0.510. The summed E-state index contributed by atoms with van der Waals surface area (Å²) >= 11 is 0. The molecule has 0 spiro atoms. The highest BCUT2D eigenvalue weighted by atomic mass is 32.2. The normalized spacial score (nSPS) is 18.5. The predicted octanol–water partition coefficient (Wildman–Crippen LogP) is 3.51. The third-order valence-electron chi connectivity index (χ3n) is 5.49. The first kappa shape index (κ1) is 23.5. The second kappa shape index (κ2) is 9.36. The molecule has 0 aliphatic heterocycles. The van der Waals surface area contributed by atoms with Crippen molar-refractivity contribution < 1.29 is 21.6 Å². The molecular formula is C20H30F3N3O2S. The van der Waals surface area contributed by atoms with Crippen molar-refractivity contribution in [2.24, 2.45) is 4.99 Å². The lowest BCUT2D eigenvalue weighted by atomic mass is 9.78. The zero-order valence-corrected chi connectivity index (χ0v) is 18.0. The molecule has 9 heteroatoms. The molecule has 0 aromatic heterocycles. The highest BCUT2D eigenvalue weighted by Crippen LogP contribution is 2.42. The minimum absolute atomic E-state index is 0.0757. The molecular weight excluding hydrogens is 403 g/mol. The Labute approximate surface area is 171 Å². The van der Waals surface area contributed by atoms with Crippen LogP contribution in [-0.2, 0) is 21.4 Å². The average molecular weight is 434 g/mol. The van der Waals surface area contributed by atoms with Gasteiger partial charge in [-0.2, -0.15) is 13.2 Å². The van der Waals surface area contributed by atoms with Crippen LogP contribution in [-0.4, -0.2) is 46.0 Å². The molecule has 1 unspecified atom stereocenters. The van der Waals surface area contributed by atoms with Crippen LogP contribution in [0.15, 0.2) is 29.3 Å². The van der Waals surface area contributed by atoms with E-state index >= 15 is 0 Å². The van der Waals surface area contributed by atoms with E-state index in [0.717, 1.165) is 31.7 Å². The minimum Gasteiger partial charge on any atom is -0.356 e. The van der Waals surface area contributed by atoms with Gasteiger partial charge in [-0.25, -0.2) is 8.42 Å². The fourth-order valence-corrected chi connectivity index (χ4v) is 4.57. The smallest absolute Gasteiger partial charge is 0.356 e. The second-order valence-electron chi connectivity index (χ2n) is 7.96. The van der Waals surface area contributed by atoms with Gasteiger partial charge in [0.25, 0.3) is 0 Å². The maximum atomic E-state index is 13.2. The van der Waals surface area contributed by atoms with E-state index in [1.165, 1.54) is 18.4 Å². The summed E-state index contributed by atoms with van der Waals surface area (Å²) in [6, 6.07) is 5.50. The molecule has 29 heavy (non-hydrogen) atoms. The van der Waals surface area contributed by atoms with Crippen LogP contribution in [0.2, 0.25) is 0 Å². The van der Waals surface area contributed by atoms with E-state index in [4.69, 9.17) is 0 Å². The molecule has 1 aliphatic rings. The van der Waals surface area contributed by atoms with E-state index in [9.17, 15) is 21.6 Å². The summed E-state index contributed by atoms with van der Waals surface area (Å²) in [5.41, 5.74) is -0.314. The summed E-state index contributed by atoms with van der Waals surface area (Å²) in [4.78, 5) is 4.18. The Bertz CT molecular complexity index is 817. The highest BCUT2D eigenvalue weighted by molar-refractivity contribution is 7.90. The molecule has 2 N–H and O–H groups in total. The summed E-state index contributed by atoms with van der Waals surface area (Å²) in [5, 5.41) is 6.41. The van der Waals surface area contributed by atoms with Crippen LogP contribution in [0.1, 0.15) is 50.2 Å². The van der Waals surface area contributed by atoms with Crippen molar-refractivity contribution in [3.63, 3.8) is 0 Å². The van der Waals surface area contributed by atoms with Crippen LogP contribution in [0, 0.1) is 0 Å². The lowest BCUT2D eigenvalue weighted by molar-refractivity contribution is -0.137. The Kier molecular flexibility index (Phi) is 7.59. The summed E-state index contributed by atoms with van der Waals surface area (Å²) in [7, 11) is -1.43. The Hall–Kier alpha value is -1.77. The monoisotopic (exact) mass is 433 g/mol. The number of alkyl halides is 3. The molecule has 1 aromatic carbocycles. The van der Waals surface area contributed by atoms with Gasteiger partial charge < -0.3 is 10.6 Å². The SMILES string of the molecule is CN=C(NCC1(c2cccc(C(F)(F)F)c2)CCCC1)NC(C)CCS(C)(=O)=O. The van der Waals surface area contributed by atoms with Crippen molar-refractivity contribution >= 4 is 15.8 Å². The first-order valence-corrected chi connectivity index (χ1v) is 11.8. The van der Waals surface area contributed by atoms with Crippen molar-refractivity contribution in [3.8, 4) is 0 Å². The van der Waals surface area contributed by atoms with E-state index in [1.54, 1.807) is 13.1 Å². The predicted molar refractivity (Wildman–Crippen MR) is 110 cm³/mol. The average Bonchev–Trinajstić information content (AvgIpc) is 3.12. The van der Waals surface area contributed by atoms with Crippen LogP contribution in [0.3, 0.4) is 0 Å². The summed E-state index contributed by atoms with van der Waals surface area (Å²) in [5.74, 6) is 0.594. The fraction of sp³-hybridized carbons (Fsp3) is 0.650. The Balaban J connectivity index is 2.08. The van der Waals surface area contributed by atoms with E-state index in [1.807, 2.05) is 6.92 Å². The molecule has 1 atom stereocenters. The Morgan fingerprint density at radius 1 is 1.28 bits per heavy atom.